The average molecular weight is 376 g/mol. The Morgan fingerprint density at radius 1 is 1.21 bits per heavy atom. The average Bonchev–Trinajstić information content (AvgIpc) is 2.56. The number of hydrogen-bond donors (Lipinski definition) is 1. The fourth-order valence-corrected chi connectivity index (χ4v) is 2.71. The minimum Gasteiger partial charge on any atom is -0.490 e. The van der Waals surface area contributed by atoms with Gasteiger partial charge in [-0.2, -0.15) is 0 Å². The standard InChI is InChI=1S/C15H18ClNO6S/c1-2-15(19)23-11-10-22-12-5-7-13(8-6-12)24(20,21)17-14(18)4-3-9-16/h2,5-8H,1,3-4,9-11H2,(H,17,18). The molecule has 0 aliphatic rings. The van der Waals surface area contributed by atoms with Crippen molar-refractivity contribution < 1.29 is 27.5 Å². The maximum absolute atomic E-state index is 12.0. The summed E-state index contributed by atoms with van der Waals surface area (Å²) in [6.45, 7) is 3.41. The highest BCUT2D eigenvalue weighted by atomic mass is 35.5. The van der Waals surface area contributed by atoms with Crippen molar-refractivity contribution in [3.63, 3.8) is 0 Å². The van der Waals surface area contributed by atoms with Crippen LogP contribution in [0.4, 0.5) is 0 Å². The van der Waals surface area contributed by atoms with Crippen molar-refractivity contribution >= 4 is 33.5 Å². The van der Waals surface area contributed by atoms with Crippen LogP contribution in [0.3, 0.4) is 0 Å². The fraction of sp³-hybridized carbons (Fsp3) is 0.333. The maximum Gasteiger partial charge on any atom is 0.330 e. The zero-order valence-corrected chi connectivity index (χ0v) is 14.4. The van der Waals surface area contributed by atoms with Gasteiger partial charge in [-0.15, -0.1) is 11.6 Å². The van der Waals surface area contributed by atoms with Gasteiger partial charge >= 0.3 is 5.97 Å². The molecule has 1 aromatic carbocycles. The van der Waals surface area contributed by atoms with Gasteiger partial charge in [0.05, 0.1) is 4.90 Å². The molecule has 0 bridgehead atoms. The Labute approximate surface area is 145 Å². The maximum atomic E-state index is 12.0. The molecule has 0 spiro atoms. The Kier molecular flexibility index (Phi) is 8.28. The molecule has 0 saturated heterocycles. The smallest absolute Gasteiger partial charge is 0.330 e. The number of nitrogens with one attached hydrogen (secondary N) is 1. The van der Waals surface area contributed by atoms with Crippen molar-refractivity contribution in [3.8, 4) is 5.75 Å². The van der Waals surface area contributed by atoms with E-state index in [4.69, 9.17) is 21.1 Å². The van der Waals surface area contributed by atoms with E-state index in [0.717, 1.165) is 6.08 Å². The number of amides is 1. The molecule has 0 aliphatic carbocycles. The summed E-state index contributed by atoms with van der Waals surface area (Å²) >= 11 is 5.45. The molecule has 1 amide bonds. The predicted octanol–water partition coefficient (Wildman–Crippen LogP) is 1.62. The monoisotopic (exact) mass is 375 g/mol. The summed E-state index contributed by atoms with van der Waals surface area (Å²) in [6.07, 6.45) is 1.47. The summed E-state index contributed by atoms with van der Waals surface area (Å²) in [4.78, 5) is 22.3. The first-order valence-corrected chi connectivity index (χ1v) is 9.04. The number of carbonyl (C=O) groups is 2. The fourth-order valence-electron chi connectivity index (χ4n) is 1.56. The van der Waals surface area contributed by atoms with Gasteiger partial charge in [0.1, 0.15) is 19.0 Å². The molecule has 1 aromatic rings. The number of sulfonamides is 1. The number of hydrogen-bond acceptors (Lipinski definition) is 6. The second-order valence-corrected chi connectivity index (χ2v) is 6.57. The van der Waals surface area contributed by atoms with Crippen LogP contribution >= 0.6 is 11.6 Å². The van der Waals surface area contributed by atoms with E-state index in [2.05, 4.69) is 6.58 Å². The van der Waals surface area contributed by atoms with E-state index in [1.807, 2.05) is 4.72 Å². The molecular weight excluding hydrogens is 358 g/mol. The Morgan fingerprint density at radius 3 is 2.46 bits per heavy atom. The van der Waals surface area contributed by atoms with Crippen LogP contribution in [-0.2, 0) is 24.3 Å². The van der Waals surface area contributed by atoms with E-state index in [1.165, 1.54) is 24.3 Å². The first-order chi connectivity index (χ1) is 11.4. The Hall–Kier alpha value is -2.06. The van der Waals surface area contributed by atoms with E-state index >= 15 is 0 Å². The van der Waals surface area contributed by atoms with Gasteiger partial charge < -0.3 is 9.47 Å². The van der Waals surface area contributed by atoms with Crippen LogP contribution < -0.4 is 9.46 Å². The third-order valence-corrected chi connectivity index (χ3v) is 4.34. The largest absolute Gasteiger partial charge is 0.490 e. The molecule has 0 heterocycles. The molecule has 9 heteroatoms. The van der Waals surface area contributed by atoms with E-state index in [9.17, 15) is 18.0 Å². The zero-order chi connectivity index (χ0) is 18.0. The molecule has 0 aromatic heterocycles. The van der Waals surface area contributed by atoms with E-state index < -0.39 is 21.9 Å². The lowest BCUT2D eigenvalue weighted by molar-refractivity contribution is -0.138. The van der Waals surface area contributed by atoms with Crippen molar-refractivity contribution in [2.45, 2.75) is 17.7 Å². The van der Waals surface area contributed by atoms with Crippen molar-refractivity contribution in [1.29, 1.82) is 0 Å². The van der Waals surface area contributed by atoms with Crippen molar-refractivity contribution in [1.82, 2.24) is 4.72 Å². The first kappa shape index (κ1) is 20.0. The minimum atomic E-state index is -3.93. The molecule has 132 valence electrons. The molecule has 1 rings (SSSR count). The van der Waals surface area contributed by atoms with Gasteiger partial charge in [-0.1, -0.05) is 6.58 Å². The van der Waals surface area contributed by atoms with Gasteiger partial charge in [-0.25, -0.2) is 17.9 Å². The third kappa shape index (κ3) is 7.01. The molecule has 24 heavy (non-hydrogen) atoms. The number of carbonyl (C=O) groups excluding carboxylic acids is 2. The predicted molar refractivity (Wildman–Crippen MR) is 88.4 cm³/mol. The van der Waals surface area contributed by atoms with Gasteiger partial charge in [-0.05, 0) is 30.7 Å². The quantitative estimate of drug-likeness (QED) is 0.289. The zero-order valence-electron chi connectivity index (χ0n) is 12.9. The summed E-state index contributed by atoms with van der Waals surface area (Å²) in [5, 5.41) is 0. The summed E-state index contributed by atoms with van der Waals surface area (Å²) in [6, 6.07) is 5.49. The van der Waals surface area contributed by atoms with Crippen LogP contribution in [0.5, 0.6) is 5.75 Å². The van der Waals surface area contributed by atoms with Crippen LogP contribution in [-0.4, -0.2) is 39.4 Å². The van der Waals surface area contributed by atoms with E-state index in [1.54, 1.807) is 0 Å². The Morgan fingerprint density at radius 2 is 1.88 bits per heavy atom. The molecule has 0 aliphatic heterocycles. The highest BCUT2D eigenvalue weighted by Crippen LogP contribution is 2.16. The van der Waals surface area contributed by atoms with Gasteiger partial charge in [0.15, 0.2) is 0 Å². The van der Waals surface area contributed by atoms with Gasteiger partial charge in [0.2, 0.25) is 5.91 Å². The summed E-state index contributed by atoms with van der Waals surface area (Å²) in [5.74, 6) is -0.483. The molecule has 0 unspecified atom stereocenters. The Bertz CT molecular complexity index is 672. The molecule has 7 nitrogen and oxygen atoms in total. The third-order valence-electron chi connectivity index (χ3n) is 2.68. The molecule has 0 fully saturated rings. The normalized spacial score (nSPS) is 10.7. The number of alkyl halides is 1. The van der Waals surface area contributed by atoms with Crippen LogP contribution in [0.15, 0.2) is 41.8 Å². The summed E-state index contributed by atoms with van der Waals surface area (Å²) in [5.41, 5.74) is 0. The lowest BCUT2D eigenvalue weighted by Gasteiger charge is -2.09. The van der Waals surface area contributed by atoms with Crippen LogP contribution in [0, 0.1) is 0 Å². The summed E-state index contributed by atoms with van der Waals surface area (Å²) in [7, 11) is -3.93. The SMILES string of the molecule is C=CC(=O)OCCOc1ccc(S(=O)(=O)NC(=O)CCCCl)cc1. The molecule has 0 saturated carbocycles. The van der Waals surface area contributed by atoms with Crippen molar-refractivity contribution in [2.75, 3.05) is 19.1 Å². The second kappa shape index (κ2) is 9.94. The lowest BCUT2D eigenvalue weighted by Crippen LogP contribution is -2.30. The van der Waals surface area contributed by atoms with Gasteiger partial charge in [0.25, 0.3) is 10.0 Å². The van der Waals surface area contributed by atoms with Crippen LogP contribution in [0.2, 0.25) is 0 Å². The minimum absolute atomic E-state index is 0.0351. The van der Waals surface area contributed by atoms with Gasteiger partial charge in [-0.3, -0.25) is 4.79 Å². The number of halogens is 1. The van der Waals surface area contributed by atoms with E-state index in [0.29, 0.717) is 12.2 Å². The second-order valence-electron chi connectivity index (χ2n) is 4.51. The van der Waals surface area contributed by atoms with Crippen molar-refractivity contribution in [2.24, 2.45) is 0 Å². The Balaban J connectivity index is 2.55. The number of ether oxygens (including phenoxy) is 2. The topological polar surface area (TPSA) is 98.8 Å². The van der Waals surface area contributed by atoms with E-state index in [-0.39, 0.29) is 30.4 Å². The van der Waals surface area contributed by atoms with Crippen LogP contribution in [0.25, 0.3) is 0 Å². The van der Waals surface area contributed by atoms with Crippen LogP contribution in [0.1, 0.15) is 12.8 Å². The number of benzene rings is 1. The molecule has 1 N–H and O–H groups in total. The summed E-state index contributed by atoms with van der Waals surface area (Å²) < 4.78 is 36.0. The van der Waals surface area contributed by atoms with Crippen molar-refractivity contribution in [3.05, 3.63) is 36.9 Å². The van der Waals surface area contributed by atoms with Gasteiger partial charge in [0, 0.05) is 18.4 Å². The number of esters is 1. The number of rotatable bonds is 10. The molecular formula is C15H18ClNO6S. The molecule has 0 radical (unpaired) electrons. The highest BCUT2D eigenvalue weighted by molar-refractivity contribution is 7.90. The highest BCUT2D eigenvalue weighted by Gasteiger charge is 2.17. The molecule has 0 atom stereocenters. The lowest BCUT2D eigenvalue weighted by atomic mass is 10.3. The first-order valence-electron chi connectivity index (χ1n) is 7.02.